The first-order valence-electron chi connectivity index (χ1n) is 8.58. The van der Waals surface area contributed by atoms with Crippen molar-refractivity contribution in [3.8, 4) is 11.5 Å². The van der Waals surface area contributed by atoms with Gasteiger partial charge in [0, 0.05) is 16.5 Å². The number of anilines is 1. The van der Waals surface area contributed by atoms with Gasteiger partial charge >= 0.3 is 0 Å². The molecule has 1 saturated heterocycles. The number of ether oxygens (including phenoxy) is 2. The van der Waals surface area contributed by atoms with Gasteiger partial charge in [0.1, 0.15) is 0 Å². The van der Waals surface area contributed by atoms with Crippen LogP contribution in [-0.4, -0.2) is 37.3 Å². The number of amides is 2. The van der Waals surface area contributed by atoms with Crippen molar-refractivity contribution in [2.75, 3.05) is 19.1 Å². The lowest BCUT2D eigenvalue weighted by Gasteiger charge is -2.19. The third-order valence-electron chi connectivity index (χ3n) is 4.86. The number of para-hydroxylation sites is 1. The Morgan fingerprint density at radius 3 is 2.50 bits per heavy atom. The Bertz CT molecular complexity index is 989. The predicted octanol–water partition coefficient (Wildman–Crippen LogP) is 3.29. The third kappa shape index (κ3) is 2.84. The second kappa shape index (κ2) is 6.94. The van der Waals surface area contributed by atoms with Gasteiger partial charge in [-0.05, 0) is 36.4 Å². The summed E-state index contributed by atoms with van der Waals surface area (Å²) in [5.41, 5.74) is 0.384. The van der Waals surface area contributed by atoms with Crippen molar-refractivity contribution in [3.05, 3.63) is 52.5 Å². The summed E-state index contributed by atoms with van der Waals surface area (Å²) in [5.74, 6) is 0.321. The molecule has 0 aromatic heterocycles. The average Bonchev–Trinajstić information content (AvgIpc) is 3.23. The Balaban J connectivity index is 1.64. The minimum Gasteiger partial charge on any atom is -0.493 e. The number of hydrogen-bond donors (Lipinski definition) is 0. The van der Waals surface area contributed by atoms with Gasteiger partial charge in [-0.2, -0.15) is 0 Å². The molecule has 0 bridgehead atoms. The van der Waals surface area contributed by atoms with E-state index in [0.29, 0.717) is 28.5 Å². The smallest absolute Gasteiger partial charge is 0.281 e. The Labute approximate surface area is 170 Å². The third-order valence-corrected chi connectivity index (χ3v) is 5.39. The monoisotopic (exact) mass is 444 g/mol. The van der Waals surface area contributed by atoms with Gasteiger partial charge in [0.05, 0.1) is 32.0 Å². The molecule has 2 aliphatic heterocycles. The number of benzene rings is 2. The van der Waals surface area contributed by atoms with Gasteiger partial charge < -0.3 is 14.3 Å². The number of hydrogen-bond acceptors (Lipinski definition) is 6. The fraction of sp³-hybridized carbons (Fsp3) is 0.250. The van der Waals surface area contributed by atoms with Crippen molar-refractivity contribution in [1.82, 2.24) is 0 Å². The molecular formula is C20H17BrN2O5. The minimum absolute atomic E-state index is 0.0683. The van der Waals surface area contributed by atoms with Crippen LogP contribution < -0.4 is 14.4 Å². The zero-order chi connectivity index (χ0) is 19.9. The molecular weight excluding hydrogens is 428 g/mol. The van der Waals surface area contributed by atoms with Gasteiger partial charge in [-0.3, -0.25) is 9.59 Å². The highest BCUT2D eigenvalue weighted by Gasteiger charge is 2.58. The lowest BCUT2D eigenvalue weighted by atomic mass is 9.92. The van der Waals surface area contributed by atoms with Crippen LogP contribution in [0.5, 0.6) is 11.5 Å². The van der Waals surface area contributed by atoms with Crippen molar-refractivity contribution in [1.29, 1.82) is 0 Å². The van der Waals surface area contributed by atoms with Crippen LogP contribution in [0.15, 0.2) is 52.1 Å². The number of nitrogens with zero attached hydrogens (tertiary/aromatic N) is 2. The SMILES string of the molecule is COc1cccc(C2=NO[C@]3(CC(=O)N(c4ccc(Br)cc4)C3=O)C2)c1OC. The molecule has 8 heteroatoms. The molecule has 1 atom stereocenters. The molecule has 1 spiro atoms. The number of rotatable bonds is 4. The highest BCUT2D eigenvalue weighted by molar-refractivity contribution is 9.10. The number of carbonyl (C=O) groups excluding carboxylic acids is 2. The topological polar surface area (TPSA) is 77.4 Å². The van der Waals surface area contributed by atoms with Crippen LogP contribution >= 0.6 is 15.9 Å². The van der Waals surface area contributed by atoms with E-state index in [1.54, 1.807) is 43.5 Å². The standard InChI is InChI=1S/C20H17BrN2O5/c1-26-16-5-3-4-14(18(16)27-2)15-10-20(28-22-15)11-17(24)23(19(20)25)13-8-6-12(21)7-9-13/h3-9H,10-11H2,1-2H3/t20-/m0/s1. The minimum atomic E-state index is -1.33. The Morgan fingerprint density at radius 1 is 1.07 bits per heavy atom. The lowest BCUT2D eigenvalue weighted by Crippen LogP contribution is -2.40. The van der Waals surface area contributed by atoms with E-state index in [2.05, 4.69) is 21.1 Å². The highest BCUT2D eigenvalue weighted by atomic mass is 79.9. The van der Waals surface area contributed by atoms with Gasteiger partial charge in [0.15, 0.2) is 11.5 Å². The molecule has 0 radical (unpaired) electrons. The first kappa shape index (κ1) is 18.5. The van der Waals surface area contributed by atoms with E-state index in [-0.39, 0.29) is 18.7 Å². The van der Waals surface area contributed by atoms with Crippen LogP contribution in [0.1, 0.15) is 18.4 Å². The Morgan fingerprint density at radius 2 is 1.82 bits per heavy atom. The van der Waals surface area contributed by atoms with Gasteiger partial charge in [-0.1, -0.05) is 27.2 Å². The van der Waals surface area contributed by atoms with E-state index < -0.39 is 11.5 Å². The fourth-order valence-corrected chi connectivity index (χ4v) is 3.78. The Hall–Kier alpha value is -2.87. The summed E-state index contributed by atoms with van der Waals surface area (Å²) in [4.78, 5) is 32.5. The number of oxime groups is 1. The van der Waals surface area contributed by atoms with Crippen LogP contribution in [0.25, 0.3) is 0 Å². The number of methoxy groups -OCH3 is 2. The summed E-state index contributed by atoms with van der Waals surface area (Å²) in [5, 5.41) is 4.13. The molecule has 2 heterocycles. The van der Waals surface area contributed by atoms with Crippen molar-refractivity contribution in [2.45, 2.75) is 18.4 Å². The zero-order valence-electron chi connectivity index (χ0n) is 15.3. The summed E-state index contributed by atoms with van der Waals surface area (Å²) < 4.78 is 11.6. The maximum atomic E-state index is 13.1. The highest BCUT2D eigenvalue weighted by Crippen LogP contribution is 2.41. The lowest BCUT2D eigenvalue weighted by molar-refractivity contribution is -0.136. The van der Waals surface area contributed by atoms with Gasteiger partial charge in [-0.15, -0.1) is 0 Å². The second-order valence-corrected chi connectivity index (χ2v) is 7.44. The number of carbonyl (C=O) groups is 2. The Kier molecular flexibility index (Phi) is 4.58. The molecule has 2 amide bonds. The second-order valence-electron chi connectivity index (χ2n) is 6.53. The molecule has 2 aliphatic rings. The van der Waals surface area contributed by atoms with Crippen molar-refractivity contribution in [3.63, 3.8) is 0 Å². The van der Waals surface area contributed by atoms with E-state index in [1.165, 1.54) is 7.11 Å². The maximum Gasteiger partial charge on any atom is 0.281 e. The molecule has 0 N–H and O–H groups in total. The molecule has 0 saturated carbocycles. The van der Waals surface area contributed by atoms with E-state index in [9.17, 15) is 9.59 Å². The van der Waals surface area contributed by atoms with Gasteiger partial charge in [0.25, 0.3) is 5.91 Å². The molecule has 7 nitrogen and oxygen atoms in total. The van der Waals surface area contributed by atoms with E-state index in [0.717, 1.165) is 9.37 Å². The van der Waals surface area contributed by atoms with Gasteiger partial charge in [-0.25, -0.2) is 4.90 Å². The number of imide groups is 1. The predicted molar refractivity (Wildman–Crippen MR) is 106 cm³/mol. The maximum absolute atomic E-state index is 13.1. The molecule has 28 heavy (non-hydrogen) atoms. The molecule has 2 aromatic rings. The van der Waals surface area contributed by atoms with Crippen LogP contribution in [0.3, 0.4) is 0 Å². The van der Waals surface area contributed by atoms with Gasteiger partial charge in [0.2, 0.25) is 11.5 Å². The van der Waals surface area contributed by atoms with Crippen molar-refractivity contribution >= 4 is 39.1 Å². The molecule has 4 rings (SSSR count). The zero-order valence-corrected chi connectivity index (χ0v) is 16.9. The van der Waals surface area contributed by atoms with Crippen LogP contribution in [-0.2, 0) is 14.4 Å². The van der Waals surface area contributed by atoms with Crippen molar-refractivity contribution in [2.24, 2.45) is 5.16 Å². The van der Waals surface area contributed by atoms with E-state index in [4.69, 9.17) is 14.3 Å². The van der Waals surface area contributed by atoms with Crippen LogP contribution in [0.2, 0.25) is 0 Å². The average molecular weight is 445 g/mol. The number of halogens is 1. The summed E-state index contributed by atoms with van der Waals surface area (Å²) in [6.07, 6.45) is 0.106. The first-order chi connectivity index (χ1) is 13.5. The van der Waals surface area contributed by atoms with Crippen molar-refractivity contribution < 1.29 is 23.9 Å². The summed E-state index contributed by atoms with van der Waals surface area (Å²) in [7, 11) is 3.08. The summed E-state index contributed by atoms with van der Waals surface area (Å²) >= 11 is 3.35. The summed E-state index contributed by atoms with van der Waals surface area (Å²) in [6.45, 7) is 0. The van der Waals surface area contributed by atoms with E-state index in [1.807, 2.05) is 6.07 Å². The molecule has 2 aromatic carbocycles. The largest absolute Gasteiger partial charge is 0.493 e. The fourth-order valence-electron chi connectivity index (χ4n) is 3.51. The molecule has 0 unspecified atom stereocenters. The summed E-state index contributed by atoms with van der Waals surface area (Å²) in [6, 6.07) is 12.4. The molecule has 0 aliphatic carbocycles. The van der Waals surface area contributed by atoms with Crippen LogP contribution in [0, 0.1) is 0 Å². The van der Waals surface area contributed by atoms with E-state index >= 15 is 0 Å². The molecule has 1 fully saturated rings. The van der Waals surface area contributed by atoms with Crippen LogP contribution in [0.4, 0.5) is 5.69 Å². The quantitative estimate of drug-likeness (QED) is 0.676. The normalized spacial score (nSPS) is 21.1. The first-order valence-corrected chi connectivity index (χ1v) is 9.38. The molecule has 144 valence electrons.